The molecular formula is C20H16N2OSe. The molecular weight excluding hydrogens is 363 g/mol. The molecule has 0 amide bonds. The molecule has 0 unspecified atom stereocenters. The van der Waals surface area contributed by atoms with Crippen LogP contribution >= 0.6 is 0 Å². The maximum absolute atomic E-state index is 6.21. The average molecular weight is 379 g/mol. The molecule has 3 heterocycles. The third kappa shape index (κ3) is 1.94. The number of aromatic nitrogens is 1. The van der Waals surface area contributed by atoms with Crippen molar-refractivity contribution in [1.29, 1.82) is 0 Å². The first kappa shape index (κ1) is 14.1. The van der Waals surface area contributed by atoms with Gasteiger partial charge in [0.15, 0.2) is 0 Å². The van der Waals surface area contributed by atoms with Crippen LogP contribution in [0.3, 0.4) is 0 Å². The van der Waals surface area contributed by atoms with Crippen molar-refractivity contribution in [3.8, 4) is 11.5 Å². The molecule has 2 aliphatic rings. The minimum absolute atomic E-state index is 0.252. The number of para-hydroxylation sites is 1. The van der Waals surface area contributed by atoms with E-state index in [1.807, 2.05) is 12.3 Å². The van der Waals surface area contributed by atoms with Crippen LogP contribution in [0.4, 0.5) is 17.2 Å². The summed E-state index contributed by atoms with van der Waals surface area (Å²) in [5.41, 5.74) is 3.57. The summed E-state index contributed by atoms with van der Waals surface area (Å²) >= 11 is 0.252. The summed E-state index contributed by atoms with van der Waals surface area (Å²) in [5.74, 6) is 3.34. The van der Waals surface area contributed by atoms with Gasteiger partial charge in [-0.25, -0.2) is 0 Å². The number of ether oxygens (including phenoxy) is 1. The molecule has 0 aliphatic carbocycles. The van der Waals surface area contributed by atoms with Gasteiger partial charge in [0.1, 0.15) is 0 Å². The van der Waals surface area contributed by atoms with Crippen LogP contribution < -0.4 is 18.6 Å². The van der Waals surface area contributed by atoms with E-state index in [9.17, 15) is 0 Å². The molecule has 0 saturated carbocycles. The van der Waals surface area contributed by atoms with E-state index in [1.54, 1.807) is 0 Å². The molecule has 3 aromatic rings. The first-order valence-corrected chi connectivity index (χ1v) is 9.81. The standard InChI is InChI=1S/C20H16N2OSe/c1-12(2)13-8-9-15-14(11-13)22-19-16(23-15)5-3-6-17(19)24-18-7-4-10-21-20(18)22/h3-12H,1-2H3. The molecule has 0 saturated heterocycles. The van der Waals surface area contributed by atoms with Crippen LogP contribution in [-0.4, -0.2) is 19.9 Å². The van der Waals surface area contributed by atoms with Crippen molar-refractivity contribution in [3.63, 3.8) is 0 Å². The molecule has 0 bridgehead atoms. The second-order valence-corrected chi connectivity index (χ2v) is 8.62. The van der Waals surface area contributed by atoms with E-state index in [1.165, 1.54) is 14.5 Å². The van der Waals surface area contributed by atoms with Crippen LogP contribution in [0, 0.1) is 0 Å². The third-order valence-electron chi connectivity index (χ3n) is 4.48. The van der Waals surface area contributed by atoms with Crippen molar-refractivity contribution in [2.24, 2.45) is 0 Å². The number of fused-ring (bicyclic) bond motifs is 4. The second kappa shape index (κ2) is 5.10. The van der Waals surface area contributed by atoms with Gasteiger partial charge in [-0.05, 0) is 0 Å². The Morgan fingerprint density at radius 3 is 2.75 bits per heavy atom. The predicted octanol–water partition coefficient (Wildman–Crippen LogP) is 3.75. The third-order valence-corrected chi connectivity index (χ3v) is 6.76. The Labute approximate surface area is 147 Å². The zero-order valence-electron chi connectivity index (χ0n) is 13.5. The van der Waals surface area contributed by atoms with Crippen molar-refractivity contribution >= 4 is 41.1 Å². The number of pyridine rings is 1. The Bertz CT molecular complexity index is 953. The van der Waals surface area contributed by atoms with Gasteiger partial charge in [0.2, 0.25) is 0 Å². The average Bonchev–Trinajstić information content (AvgIpc) is 2.61. The molecule has 2 aromatic carbocycles. The van der Waals surface area contributed by atoms with E-state index < -0.39 is 0 Å². The normalized spacial score (nSPS) is 13.9. The van der Waals surface area contributed by atoms with Crippen LogP contribution in [-0.2, 0) is 0 Å². The summed E-state index contributed by atoms with van der Waals surface area (Å²) in [6.07, 6.45) is 1.88. The summed E-state index contributed by atoms with van der Waals surface area (Å²) in [6.45, 7) is 4.44. The number of anilines is 3. The number of nitrogens with zero attached hydrogens (tertiary/aromatic N) is 2. The molecule has 3 nitrogen and oxygen atoms in total. The van der Waals surface area contributed by atoms with Gasteiger partial charge >= 0.3 is 147 Å². The van der Waals surface area contributed by atoms with Crippen molar-refractivity contribution in [2.75, 3.05) is 4.90 Å². The number of rotatable bonds is 1. The van der Waals surface area contributed by atoms with Gasteiger partial charge < -0.3 is 0 Å². The Morgan fingerprint density at radius 1 is 1.00 bits per heavy atom. The monoisotopic (exact) mass is 380 g/mol. The fourth-order valence-corrected chi connectivity index (χ4v) is 5.46. The quantitative estimate of drug-likeness (QED) is 0.415. The number of hydrogen-bond donors (Lipinski definition) is 0. The fraction of sp³-hybridized carbons (Fsp3) is 0.150. The van der Waals surface area contributed by atoms with E-state index in [0.29, 0.717) is 5.92 Å². The van der Waals surface area contributed by atoms with Crippen molar-refractivity contribution in [2.45, 2.75) is 19.8 Å². The Balaban J connectivity index is 1.81. The molecule has 0 spiro atoms. The first-order valence-electron chi connectivity index (χ1n) is 8.10. The molecule has 118 valence electrons. The van der Waals surface area contributed by atoms with Gasteiger partial charge in [0, 0.05) is 0 Å². The van der Waals surface area contributed by atoms with Gasteiger partial charge in [-0.2, -0.15) is 0 Å². The van der Waals surface area contributed by atoms with Gasteiger partial charge in [0.25, 0.3) is 0 Å². The Hall–Kier alpha value is -2.29. The summed E-state index contributed by atoms with van der Waals surface area (Å²) in [5, 5.41) is 0. The van der Waals surface area contributed by atoms with Gasteiger partial charge in [-0.1, -0.05) is 0 Å². The van der Waals surface area contributed by atoms with E-state index >= 15 is 0 Å². The Morgan fingerprint density at radius 2 is 1.88 bits per heavy atom. The van der Waals surface area contributed by atoms with Crippen LogP contribution in [0.15, 0.2) is 54.7 Å². The van der Waals surface area contributed by atoms with Gasteiger partial charge in [-0.15, -0.1) is 0 Å². The number of hydrogen-bond acceptors (Lipinski definition) is 3. The molecule has 0 fully saturated rings. The summed E-state index contributed by atoms with van der Waals surface area (Å²) in [7, 11) is 0. The van der Waals surface area contributed by atoms with Crippen LogP contribution in [0.2, 0.25) is 0 Å². The molecule has 2 aliphatic heterocycles. The van der Waals surface area contributed by atoms with E-state index in [0.717, 1.165) is 28.7 Å². The van der Waals surface area contributed by atoms with Crippen molar-refractivity contribution < 1.29 is 4.74 Å². The molecule has 1 aromatic heterocycles. The van der Waals surface area contributed by atoms with Crippen LogP contribution in [0.1, 0.15) is 25.3 Å². The molecule has 0 atom stereocenters. The van der Waals surface area contributed by atoms with E-state index in [-0.39, 0.29) is 15.0 Å². The summed E-state index contributed by atoms with van der Waals surface area (Å²) < 4.78 is 8.88. The van der Waals surface area contributed by atoms with Crippen LogP contribution in [0.25, 0.3) is 0 Å². The number of benzene rings is 2. The minimum atomic E-state index is 0.252. The van der Waals surface area contributed by atoms with Gasteiger partial charge in [-0.3, -0.25) is 0 Å². The predicted molar refractivity (Wildman–Crippen MR) is 98.1 cm³/mol. The zero-order valence-corrected chi connectivity index (χ0v) is 15.2. The molecule has 0 N–H and O–H groups in total. The second-order valence-electron chi connectivity index (χ2n) is 6.35. The van der Waals surface area contributed by atoms with Crippen molar-refractivity contribution in [1.82, 2.24) is 4.98 Å². The van der Waals surface area contributed by atoms with Gasteiger partial charge in [0.05, 0.1) is 0 Å². The van der Waals surface area contributed by atoms with Crippen LogP contribution in [0.5, 0.6) is 11.5 Å². The topological polar surface area (TPSA) is 25.4 Å². The summed E-state index contributed by atoms with van der Waals surface area (Å²) in [4.78, 5) is 6.99. The SMILES string of the molecule is CC(C)c1ccc2c(c1)N1c3ncccc3[Se]c3cccc(c31)O2. The molecule has 24 heavy (non-hydrogen) atoms. The van der Waals surface area contributed by atoms with E-state index in [2.05, 4.69) is 61.2 Å². The molecule has 5 rings (SSSR count). The zero-order chi connectivity index (χ0) is 16.3. The molecule has 4 heteroatoms. The summed E-state index contributed by atoms with van der Waals surface area (Å²) in [6, 6.07) is 17.1. The molecule has 0 radical (unpaired) electrons. The maximum atomic E-state index is 6.21. The van der Waals surface area contributed by atoms with E-state index in [4.69, 9.17) is 9.72 Å². The van der Waals surface area contributed by atoms with Crippen molar-refractivity contribution in [3.05, 3.63) is 60.3 Å². The Kier molecular flexibility index (Phi) is 2.99. The fourth-order valence-electron chi connectivity index (χ4n) is 3.25. The first-order chi connectivity index (χ1) is 11.7.